The molecule has 1 atom stereocenters. The summed E-state index contributed by atoms with van der Waals surface area (Å²) in [5.74, 6) is -1.45. The number of oxazole rings is 1. The summed E-state index contributed by atoms with van der Waals surface area (Å²) in [6, 6.07) is 17.1. The monoisotopic (exact) mass is 397 g/mol. The van der Waals surface area contributed by atoms with Gasteiger partial charge >= 0.3 is 5.97 Å². The molecule has 0 saturated carbocycles. The van der Waals surface area contributed by atoms with E-state index in [1.807, 2.05) is 0 Å². The van der Waals surface area contributed by atoms with Gasteiger partial charge in [-0.15, -0.1) is 0 Å². The predicted octanol–water partition coefficient (Wildman–Crippen LogP) is 5.49. The summed E-state index contributed by atoms with van der Waals surface area (Å²) in [7, 11) is 0. The number of nitrogens with zero attached hydrogens (tertiary/aromatic N) is 1. The van der Waals surface area contributed by atoms with Crippen molar-refractivity contribution in [3.05, 3.63) is 83.1 Å². The topological polar surface area (TPSA) is 72.6 Å². The van der Waals surface area contributed by atoms with Crippen molar-refractivity contribution in [3.8, 4) is 17.2 Å². The molecule has 4 rings (SSSR count). The van der Waals surface area contributed by atoms with Gasteiger partial charge in [0.05, 0.1) is 5.56 Å². The quantitative estimate of drug-likeness (QED) is 0.482. The number of fused-ring (bicyclic) bond motifs is 1. The number of para-hydroxylation sites is 2. The van der Waals surface area contributed by atoms with Gasteiger partial charge in [-0.25, -0.2) is 14.2 Å². The lowest BCUT2D eigenvalue weighted by molar-refractivity contribution is -0.145. The molecule has 4 aromatic rings. The van der Waals surface area contributed by atoms with E-state index in [2.05, 4.69) is 4.98 Å². The smallest absolute Gasteiger partial charge is 0.349 e. The van der Waals surface area contributed by atoms with Gasteiger partial charge < -0.3 is 14.3 Å². The molecule has 1 aromatic heterocycles. The summed E-state index contributed by atoms with van der Waals surface area (Å²) in [5.41, 5.74) is 1.74. The highest BCUT2D eigenvalue weighted by Crippen LogP contribution is 2.35. The molecule has 0 amide bonds. The fourth-order valence-corrected chi connectivity index (χ4v) is 2.91. The molecule has 3 aromatic carbocycles. The van der Waals surface area contributed by atoms with E-state index in [0.29, 0.717) is 21.7 Å². The summed E-state index contributed by atoms with van der Waals surface area (Å²) < 4.78 is 25.3. The number of carbonyl (C=O) groups is 1. The first-order valence-corrected chi connectivity index (χ1v) is 8.69. The highest BCUT2D eigenvalue weighted by molar-refractivity contribution is 6.30. The number of aromatic nitrogens is 1. The molecule has 0 aliphatic heterocycles. The van der Waals surface area contributed by atoms with Crippen LogP contribution in [0.4, 0.5) is 4.39 Å². The molecular weight excluding hydrogens is 385 g/mol. The molecule has 7 heteroatoms. The minimum Gasteiger partial charge on any atom is -0.478 e. The predicted molar refractivity (Wildman–Crippen MR) is 102 cm³/mol. The van der Waals surface area contributed by atoms with Crippen molar-refractivity contribution in [3.63, 3.8) is 0 Å². The Kier molecular flexibility index (Phi) is 4.71. The van der Waals surface area contributed by atoms with Gasteiger partial charge in [0.1, 0.15) is 17.1 Å². The molecule has 0 saturated heterocycles. The maximum absolute atomic E-state index is 13.9. The number of hydrogen-bond acceptors (Lipinski definition) is 4. The van der Waals surface area contributed by atoms with Crippen LogP contribution in [0.2, 0.25) is 5.02 Å². The van der Waals surface area contributed by atoms with E-state index in [0.717, 1.165) is 0 Å². The molecular formula is C21H13ClFNO4. The van der Waals surface area contributed by atoms with E-state index in [4.69, 9.17) is 20.8 Å². The van der Waals surface area contributed by atoms with Gasteiger partial charge in [0, 0.05) is 10.6 Å². The Bertz CT molecular complexity index is 1120. The highest BCUT2D eigenvalue weighted by Gasteiger charge is 2.25. The average molecular weight is 398 g/mol. The number of halogens is 2. The van der Waals surface area contributed by atoms with Crippen LogP contribution in [-0.4, -0.2) is 16.1 Å². The summed E-state index contributed by atoms with van der Waals surface area (Å²) in [6.45, 7) is 0. The zero-order valence-corrected chi connectivity index (χ0v) is 15.1. The van der Waals surface area contributed by atoms with E-state index in [9.17, 15) is 14.3 Å². The summed E-state index contributed by atoms with van der Waals surface area (Å²) >= 11 is 5.87. The molecule has 5 nitrogen and oxygen atoms in total. The van der Waals surface area contributed by atoms with Crippen molar-refractivity contribution in [2.45, 2.75) is 6.10 Å². The Morgan fingerprint density at radius 2 is 1.86 bits per heavy atom. The third-order valence-electron chi connectivity index (χ3n) is 4.11. The highest BCUT2D eigenvalue weighted by atomic mass is 35.5. The second kappa shape index (κ2) is 7.32. The lowest BCUT2D eigenvalue weighted by atomic mass is 10.1. The number of carboxylic acid groups (broad SMARTS) is 1. The molecule has 1 N–H and O–H groups in total. The van der Waals surface area contributed by atoms with Crippen LogP contribution in [-0.2, 0) is 4.79 Å². The molecule has 1 unspecified atom stereocenters. The Labute approximate surface area is 164 Å². The third-order valence-corrected chi connectivity index (χ3v) is 4.36. The molecule has 0 aliphatic carbocycles. The van der Waals surface area contributed by atoms with Crippen molar-refractivity contribution in [2.75, 3.05) is 0 Å². The number of hydrogen-bond donors (Lipinski definition) is 1. The fourth-order valence-electron chi connectivity index (χ4n) is 2.79. The van der Waals surface area contributed by atoms with Crippen LogP contribution in [0.3, 0.4) is 0 Å². The van der Waals surface area contributed by atoms with Gasteiger partial charge in [-0.1, -0.05) is 35.9 Å². The molecule has 0 radical (unpaired) electrons. The standard InChI is InChI=1S/C21H13ClFNO4/c22-13-7-5-12(6-8-13)19(21(25)26)27-17-10-9-14(23)11-15(17)20-24-16-3-1-2-4-18(16)28-20/h1-11,19H,(H,25,26). The lowest BCUT2D eigenvalue weighted by Crippen LogP contribution is -2.18. The first kappa shape index (κ1) is 18.0. The lowest BCUT2D eigenvalue weighted by Gasteiger charge is -2.17. The maximum Gasteiger partial charge on any atom is 0.349 e. The second-order valence-electron chi connectivity index (χ2n) is 6.01. The summed E-state index contributed by atoms with van der Waals surface area (Å²) in [6.07, 6.45) is -1.31. The number of carboxylic acids is 1. The Balaban J connectivity index is 1.77. The van der Waals surface area contributed by atoms with E-state index in [1.54, 1.807) is 48.5 Å². The Morgan fingerprint density at radius 1 is 1.11 bits per heavy atom. The van der Waals surface area contributed by atoms with Crippen molar-refractivity contribution < 1.29 is 23.4 Å². The minimum absolute atomic E-state index is 0.135. The van der Waals surface area contributed by atoms with Gasteiger partial charge in [-0.3, -0.25) is 0 Å². The zero-order chi connectivity index (χ0) is 19.7. The van der Waals surface area contributed by atoms with Gasteiger partial charge in [-0.2, -0.15) is 0 Å². The van der Waals surface area contributed by atoms with Gasteiger partial charge in [0.15, 0.2) is 5.58 Å². The zero-order valence-electron chi connectivity index (χ0n) is 14.3. The van der Waals surface area contributed by atoms with Gasteiger partial charge in [0.2, 0.25) is 12.0 Å². The molecule has 1 heterocycles. The third kappa shape index (κ3) is 3.54. The Morgan fingerprint density at radius 3 is 2.57 bits per heavy atom. The summed E-state index contributed by atoms with van der Waals surface area (Å²) in [5, 5.41) is 10.1. The van der Waals surface area contributed by atoms with Crippen LogP contribution in [0.25, 0.3) is 22.6 Å². The van der Waals surface area contributed by atoms with Crippen LogP contribution >= 0.6 is 11.6 Å². The molecule has 0 aliphatic rings. The molecule has 0 spiro atoms. The van der Waals surface area contributed by atoms with Crippen LogP contribution in [0.5, 0.6) is 5.75 Å². The first-order chi connectivity index (χ1) is 13.5. The number of rotatable bonds is 5. The number of ether oxygens (including phenoxy) is 1. The fraction of sp³-hybridized carbons (Fsp3) is 0.0476. The molecule has 140 valence electrons. The van der Waals surface area contributed by atoms with Crippen LogP contribution in [0, 0.1) is 5.82 Å². The van der Waals surface area contributed by atoms with E-state index in [1.165, 1.54) is 18.2 Å². The minimum atomic E-state index is -1.31. The second-order valence-corrected chi connectivity index (χ2v) is 6.45. The van der Waals surface area contributed by atoms with Crippen LogP contribution < -0.4 is 4.74 Å². The summed E-state index contributed by atoms with van der Waals surface area (Å²) in [4.78, 5) is 16.1. The normalized spacial score (nSPS) is 12.1. The molecule has 28 heavy (non-hydrogen) atoms. The molecule has 0 fully saturated rings. The maximum atomic E-state index is 13.9. The van der Waals surface area contributed by atoms with E-state index >= 15 is 0 Å². The first-order valence-electron chi connectivity index (χ1n) is 8.32. The van der Waals surface area contributed by atoms with Crippen molar-refractivity contribution in [1.82, 2.24) is 4.98 Å². The van der Waals surface area contributed by atoms with Crippen molar-refractivity contribution in [1.29, 1.82) is 0 Å². The van der Waals surface area contributed by atoms with E-state index in [-0.39, 0.29) is 17.2 Å². The van der Waals surface area contributed by atoms with Crippen LogP contribution in [0.1, 0.15) is 11.7 Å². The van der Waals surface area contributed by atoms with Crippen LogP contribution in [0.15, 0.2) is 71.1 Å². The van der Waals surface area contributed by atoms with Gasteiger partial charge in [0.25, 0.3) is 0 Å². The van der Waals surface area contributed by atoms with Crippen molar-refractivity contribution in [2.24, 2.45) is 0 Å². The SMILES string of the molecule is O=C(O)C(Oc1ccc(F)cc1-c1nc2ccccc2o1)c1ccc(Cl)cc1. The molecule has 0 bridgehead atoms. The number of benzene rings is 3. The van der Waals surface area contributed by atoms with Crippen molar-refractivity contribution >= 4 is 28.7 Å². The van der Waals surface area contributed by atoms with Gasteiger partial charge in [-0.05, 0) is 42.5 Å². The number of aliphatic carboxylic acids is 1. The largest absolute Gasteiger partial charge is 0.478 e. The van der Waals surface area contributed by atoms with E-state index < -0.39 is 17.9 Å². The Hall–Kier alpha value is -3.38. The average Bonchev–Trinajstić information content (AvgIpc) is 3.11.